The Balaban J connectivity index is 1.15. The van der Waals surface area contributed by atoms with E-state index >= 15 is 0 Å². The molecule has 1 aliphatic carbocycles. The Kier molecular flexibility index (Phi) is 8.60. The van der Waals surface area contributed by atoms with Gasteiger partial charge in [0.1, 0.15) is 5.82 Å². The van der Waals surface area contributed by atoms with E-state index in [2.05, 4.69) is 31.9 Å². The molecule has 0 saturated heterocycles. The molecule has 0 aliphatic heterocycles. The fraction of sp³-hybridized carbons (Fsp3) is 0.290. The molecule has 0 bridgehead atoms. The molecule has 1 heterocycles. The van der Waals surface area contributed by atoms with E-state index in [-0.39, 0.29) is 30.3 Å². The number of hydrogen-bond donors (Lipinski definition) is 3. The molecule has 1 aromatic heterocycles. The smallest absolute Gasteiger partial charge is 0.255 e. The van der Waals surface area contributed by atoms with E-state index in [4.69, 9.17) is 9.97 Å². The molecule has 1 fully saturated rings. The third-order valence-electron chi connectivity index (χ3n) is 7.13. The van der Waals surface area contributed by atoms with Gasteiger partial charge in [-0.15, -0.1) is 0 Å². The SMILES string of the molecule is CN(C)c1nc(NC2CCC(NC(=O)Cc3ccccc3C(=O)Nc3cccc(Br)c3)CC2)nc2ccccc12. The molecule has 4 aromatic rings. The Labute approximate surface area is 242 Å². The molecule has 3 aromatic carbocycles. The highest BCUT2D eigenvalue weighted by Gasteiger charge is 2.24. The van der Waals surface area contributed by atoms with Crippen molar-refractivity contribution in [1.29, 1.82) is 0 Å². The van der Waals surface area contributed by atoms with Gasteiger partial charge in [-0.25, -0.2) is 4.98 Å². The molecule has 206 valence electrons. The standard InChI is InChI=1S/C31H33BrN6O2/c1-38(2)29-26-12-5-6-13-27(26)36-31(37-29)35-23-16-14-22(15-17-23)33-28(39)18-20-8-3-4-11-25(20)30(40)34-24-10-7-9-21(32)19-24/h3-13,19,22-23H,14-18H2,1-2H3,(H,33,39)(H,34,40)(H,35,36,37). The molecule has 0 radical (unpaired) electrons. The van der Waals surface area contributed by atoms with E-state index in [9.17, 15) is 9.59 Å². The number of nitrogens with one attached hydrogen (secondary N) is 3. The lowest BCUT2D eigenvalue weighted by molar-refractivity contribution is -0.121. The van der Waals surface area contributed by atoms with Crippen LogP contribution in [0.3, 0.4) is 0 Å². The largest absolute Gasteiger partial charge is 0.362 e. The van der Waals surface area contributed by atoms with Crippen LogP contribution in [0.25, 0.3) is 10.9 Å². The number of halogens is 1. The Hall–Kier alpha value is -3.98. The first-order valence-corrected chi connectivity index (χ1v) is 14.3. The Morgan fingerprint density at radius 1 is 0.900 bits per heavy atom. The van der Waals surface area contributed by atoms with Crippen LogP contribution in [0.1, 0.15) is 41.6 Å². The van der Waals surface area contributed by atoms with Crippen molar-refractivity contribution in [1.82, 2.24) is 15.3 Å². The average Bonchev–Trinajstić information content (AvgIpc) is 2.94. The highest BCUT2D eigenvalue weighted by atomic mass is 79.9. The van der Waals surface area contributed by atoms with Gasteiger partial charge in [0, 0.05) is 47.3 Å². The van der Waals surface area contributed by atoms with E-state index in [0.717, 1.165) is 46.9 Å². The molecule has 0 unspecified atom stereocenters. The van der Waals surface area contributed by atoms with E-state index in [1.807, 2.05) is 85.7 Å². The Morgan fingerprint density at radius 3 is 2.40 bits per heavy atom. The number of fused-ring (bicyclic) bond motifs is 1. The summed E-state index contributed by atoms with van der Waals surface area (Å²) in [6.07, 6.45) is 3.69. The highest BCUT2D eigenvalue weighted by molar-refractivity contribution is 9.10. The number of hydrogen-bond acceptors (Lipinski definition) is 6. The zero-order valence-electron chi connectivity index (χ0n) is 22.7. The second kappa shape index (κ2) is 12.5. The predicted octanol–water partition coefficient (Wildman–Crippen LogP) is 5.79. The van der Waals surface area contributed by atoms with Crippen LogP contribution >= 0.6 is 15.9 Å². The van der Waals surface area contributed by atoms with Gasteiger partial charge in [0.05, 0.1) is 11.9 Å². The van der Waals surface area contributed by atoms with Crippen LogP contribution in [-0.2, 0) is 11.2 Å². The van der Waals surface area contributed by atoms with E-state index in [0.29, 0.717) is 22.8 Å². The second-order valence-electron chi connectivity index (χ2n) is 10.3. The maximum absolute atomic E-state index is 13.0. The molecule has 1 saturated carbocycles. The van der Waals surface area contributed by atoms with Gasteiger partial charge in [-0.05, 0) is 67.6 Å². The number of carbonyl (C=O) groups is 2. The minimum absolute atomic E-state index is 0.0763. The summed E-state index contributed by atoms with van der Waals surface area (Å²) in [5, 5.41) is 10.6. The lowest BCUT2D eigenvalue weighted by atomic mass is 9.91. The number of amides is 2. The number of para-hydroxylation sites is 1. The van der Waals surface area contributed by atoms with Crippen LogP contribution in [-0.4, -0.2) is 48.0 Å². The quantitative estimate of drug-likeness (QED) is 0.237. The van der Waals surface area contributed by atoms with Crippen molar-refractivity contribution >= 4 is 56.1 Å². The minimum atomic E-state index is -0.235. The summed E-state index contributed by atoms with van der Waals surface area (Å²) >= 11 is 3.42. The number of benzene rings is 3. The summed E-state index contributed by atoms with van der Waals surface area (Å²) in [6.45, 7) is 0. The molecule has 0 atom stereocenters. The Morgan fingerprint density at radius 2 is 1.62 bits per heavy atom. The highest BCUT2D eigenvalue weighted by Crippen LogP contribution is 2.26. The van der Waals surface area contributed by atoms with Crippen molar-refractivity contribution in [3.63, 3.8) is 0 Å². The van der Waals surface area contributed by atoms with Crippen LogP contribution < -0.4 is 20.9 Å². The van der Waals surface area contributed by atoms with Gasteiger partial charge >= 0.3 is 0 Å². The zero-order chi connectivity index (χ0) is 28.1. The molecule has 3 N–H and O–H groups in total. The van der Waals surface area contributed by atoms with Crippen molar-refractivity contribution in [2.24, 2.45) is 0 Å². The molecule has 5 rings (SSSR count). The molecule has 40 heavy (non-hydrogen) atoms. The van der Waals surface area contributed by atoms with Crippen molar-refractivity contribution in [2.75, 3.05) is 29.6 Å². The number of carbonyl (C=O) groups excluding carboxylic acids is 2. The van der Waals surface area contributed by atoms with Crippen LogP contribution in [0.5, 0.6) is 0 Å². The third kappa shape index (κ3) is 6.77. The van der Waals surface area contributed by atoms with Crippen LogP contribution in [0.2, 0.25) is 0 Å². The van der Waals surface area contributed by atoms with E-state index < -0.39 is 0 Å². The van der Waals surface area contributed by atoms with Crippen molar-refractivity contribution in [3.05, 3.63) is 88.4 Å². The van der Waals surface area contributed by atoms with Gasteiger partial charge in [0.15, 0.2) is 0 Å². The first-order valence-electron chi connectivity index (χ1n) is 13.5. The molecule has 2 amide bonds. The molecule has 8 nitrogen and oxygen atoms in total. The van der Waals surface area contributed by atoms with Crippen LogP contribution in [0.4, 0.5) is 17.5 Å². The molecule has 1 aliphatic rings. The van der Waals surface area contributed by atoms with Gasteiger partial charge in [-0.1, -0.05) is 52.3 Å². The van der Waals surface area contributed by atoms with Crippen LogP contribution in [0.15, 0.2) is 77.3 Å². The third-order valence-corrected chi connectivity index (χ3v) is 7.62. The van der Waals surface area contributed by atoms with Crippen molar-refractivity contribution in [3.8, 4) is 0 Å². The summed E-state index contributed by atoms with van der Waals surface area (Å²) in [6, 6.07) is 23.0. The summed E-state index contributed by atoms with van der Waals surface area (Å²) in [4.78, 5) is 37.4. The normalized spacial score (nSPS) is 16.8. The van der Waals surface area contributed by atoms with Gasteiger partial charge in [-0.3, -0.25) is 9.59 Å². The molecule has 0 spiro atoms. The maximum Gasteiger partial charge on any atom is 0.255 e. The molecular weight excluding hydrogens is 568 g/mol. The summed E-state index contributed by atoms with van der Waals surface area (Å²) in [5.74, 6) is 1.21. The molecular formula is C31H33BrN6O2. The number of rotatable bonds is 8. The van der Waals surface area contributed by atoms with Crippen molar-refractivity contribution < 1.29 is 9.59 Å². The van der Waals surface area contributed by atoms with Crippen LogP contribution in [0, 0.1) is 0 Å². The first kappa shape index (κ1) is 27.6. The average molecular weight is 602 g/mol. The number of anilines is 3. The second-order valence-corrected chi connectivity index (χ2v) is 11.3. The van der Waals surface area contributed by atoms with Gasteiger partial charge in [0.25, 0.3) is 5.91 Å². The monoisotopic (exact) mass is 600 g/mol. The number of aromatic nitrogens is 2. The fourth-order valence-corrected chi connectivity index (χ4v) is 5.54. The fourth-order valence-electron chi connectivity index (χ4n) is 5.14. The number of nitrogens with zero attached hydrogens (tertiary/aromatic N) is 3. The zero-order valence-corrected chi connectivity index (χ0v) is 24.2. The maximum atomic E-state index is 13.0. The van der Waals surface area contributed by atoms with Crippen molar-refractivity contribution in [2.45, 2.75) is 44.2 Å². The van der Waals surface area contributed by atoms with Gasteiger partial charge in [0.2, 0.25) is 11.9 Å². The topological polar surface area (TPSA) is 99.3 Å². The summed E-state index contributed by atoms with van der Waals surface area (Å²) in [7, 11) is 3.97. The summed E-state index contributed by atoms with van der Waals surface area (Å²) in [5.41, 5.74) is 2.80. The van der Waals surface area contributed by atoms with E-state index in [1.165, 1.54) is 0 Å². The lowest BCUT2D eigenvalue weighted by Gasteiger charge is -2.30. The van der Waals surface area contributed by atoms with Gasteiger partial charge in [-0.2, -0.15) is 4.98 Å². The predicted molar refractivity (Wildman–Crippen MR) is 164 cm³/mol. The van der Waals surface area contributed by atoms with Gasteiger partial charge < -0.3 is 20.9 Å². The summed E-state index contributed by atoms with van der Waals surface area (Å²) < 4.78 is 0.881. The minimum Gasteiger partial charge on any atom is -0.362 e. The lowest BCUT2D eigenvalue weighted by Crippen LogP contribution is -2.41. The Bertz CT molecular complexity index is 1520. The molecule has 9 heteroatoms. The first-order chi connectivity index (χ1) is 19.4. The van der Waals surface area contributed by atoms with E-state index in [1.54, 1.807) is 6.07 Å².